The third-order valence-corrected chi connectivity index (χ3v) is 3.29. The summed E-state index contributed by atoms with van der Waals surface area (Å²) < 4.78 is 6.16. The zero-order valence-corrected chi connectivity index (χ0v) is 12.0. The van der Waals surface area contributed by atoms with Crippen molar-refractivity contribution in [2.75, 3.05) is 7.11 Å². The maximum atomic E-state index is 8.95. The van der Waals surface area contributed by atoms with Gasteiger partial charge in [-0.15, -0.1) is 0 Å². The van der Waals surface area contributed by atoms with Gasteiger partial charge in [0.25, 0.3) is 0 Å². The van der Waals surface area contributed by atoms with Gasteiger partial charge in [-0.25, -0.2) is 0 Å². The summed E-state index contributed by atoms with van der Waals surface area (Å²) in [5, 5.41) is 8.95. The maximum Gasteiger partial charge on any atom is 0.118 e. The summed E-state index contributed by atoms with van der Waals surface area (Å²) in [4.78, 5) is 0. The molecule has 0 spiro atoms. The van der Waals surface area contributed by atoms with E-state index in [1.807, 2.05) is 48.5 Å². The zero-order valence-electron chi connectivity index (χ0n) is 10.4. The summed E-state index contributed by atoms with van der Waals surface area (Å²) in [7, 11) is 1.63. The van der Waals surface area contributed by atoms with Gasteiger partial charge in [0.15, 0.2) is 0 Å². The summed E-state index contributed by atoms with van der Waals surface area (Å²) in [5.74, 6) is 0.802. The number of ether oxygens (including phenoxy) is 1. The Labute approximate surface area is 121 Å². The van der Waals surface area contributed by atoms with Gasteiger partial charge in [-0.1, -0.05) is 40.2 Å². The predicted octanol–water partition coefficient (Wildman–Crippen LogP) is 4.41. The van der Waals surface area contributed by atoms with Gasteiger partial charge in [0.2, 0.25) is 0 Å². The Bertz CT molecular complexity index is 621. The monoisotopic (exact) mass is 313 g/mol. The zero-order chi connectivity index (χ0) is 13.7. The Hall–Kier alpha value is -2.05. The lowest BCUT2D eigenvalue weighted by Gasteiger charge is -2.08. The molecule has 0 aliphatic carbocycles. The molecular formula is C16H12BrNO. The summed E-state index contributed by atoms with van der Waals surface area (Å²) in [5.41, 5.74) is 2.90. The molecule has 0 N–H and O–H groups in total. The predicted molar refractivity (Wildman–Crippen MR) is 79.8 cm³/mol. The van der Waals surface area contributed by atoms with Crippen LogP contribution in [0.2, 0.25) is 0 Å². The minimum absolute atomic E-state index is 0.802. The molecule has 0 bridgehead atoms. The average molecular weight is 314 g/mol. The minimum Gasteiger partial charge on any atom is -0.497 e. The SMILES string of the molecule is COc1ccc(/C(=C/C#N)c2ccc(Br)cc2)cc1. The van der Waals surface area contributed by atoms with E-state index in [-0.39, 0.29) is 0 Å². The number of allylic oxidation sites excluding steroid dienone is 1. The average Bonchev–Trinajstić information content (AvgIpc) is 2.46. The highest BCUT2D eigenvalue weighted by atomic mass is 79.9. The normalized spacial score (nSPS) is 10.9. The first-order chi connectivity index (χ1) is 9.24. The summed E-state index contributed by atoms with van der Waals surface area (Å²) in [6.45, 7) is 0. The topological polar surface area (TPSA) is 33.0 Å². The van der Waals surface area contributed by atoms with Crippen LogP contribution in [0.15, 0.2) is 59.1 Å². The van der Waals surface area contributed by atoms with Crippen molar-refractivity contribution in [3.05, 3.63) is 70.2 Å². The highest BCUT2D eigenvalue weighted by Gasteiger charge is 2.05. The van der Waals surface area contributed by atoms with E-state index >= 15 is 0 Å². The van der Waals surface area contributed by atoms with Crippen molar-refractivity contribution < 1.29 is 4.74 Å². The van der Waals surface area contributed by atoms with Crippen LogP contribution in [0.3, 0.4) is 0 Å². The van der Waals surface area contributed by atoms with Gasteiger partial charge in [0.05, 0.1) is 13.2 Å². The standard InChI is InChI=1S/C16H12BrNO/c1-19-15-8-4-13(5-9-15)16(10-11-18)12-2-6-14(17)7-3-12/h2-10H,1H3/b16-10+. The molecule has 2 aromatic carbocycles. The number of nitriles is 1. The van der Waals surface area contributed by atoms with E-state index in [1.165, 1.54) is 0 Å². The van der Waals surface area contributed by atoms with Crippen LogP contribution < -0.4 is 4.74 Å². The molecule has 0 amide bonds. The lowest BCUT2D eigenvalue weighted by molar-refractivity contribution is 0.415. The molecule has 0 atom stereocenters. The molecule has 94 valence electrons. The summed E-state index contributed by atoms with van der Waals surface area (Å²) in [6.07, 6.45) is 1.56. The Morgan fingerprint density at radius 2 is 1.58 bits per heavy atom. The smallest absolute Gasteiger partial charge is 0.118 e. The van der Waals surface area contributed by atoms with Gasteiger partial charge in [-0.05, 0) is 41.0 Å². The van der Waals surface area contributed by atoms with Crippen LogP contribution >= 0.6 is 15.9 Å². The first-order valence-electron chi connectivity index (χ1n) is 5.75. The van der Waals surface area contributed by atoms with Crippen LogP contribution in [0.4, 0.5) is 0 Å². The van der Waals surface area contributed by atoms with Gasteiger partial charge in [-0.2, -0.15) is 5.26 Å². The number of benzene rings is 2. The Kier molecular flexibility index (Phi) is 4.38. The van der Waals surface area contributed by atoms with Crippen molar-refractivity contribution >= 4 is 21.5 Å². The van der Waals surface area contributed by atoms with Gasteiger partial charge in [0, 0.05) is 10.5 Å². The number of halogens is 1. The molecule has 0 radical (unpaired) electrons. The first kappa shape index (κ1) is 13.4. The largest absolute Gasteiger partial charge is 0.497 e. The third kappa shape index (κ3) is 3.24. The minimum atomic E-state index is 0.802. The van der Waals surface area contributed by atoms with Crippen molar-refractivity contribution in [1.29, 1.82) is 5.26 Å². The molecule has 0 saturated carbocycles. The fourth-order valence-corrected chi connectivity index (χ4v) is 2.06. The number of hydrogen-bond acceptors (Lipinski definition) is 2. The fourth-order valence-electron chi connectivity index (χ4n) is 1.80. The van der Waals surface area contributed by atoms with Crippen LogP contribution in [-0.2, 0) is 0 Å². The lowest BCUT2D eigenvalue weighted by Crippen LogP contribution is -1.89. The molecule has 0 unspecified atom stereocenters. The molecule has 0 saturated heterocycles. The number of hydrogen-bond donors (Lipinski definition) is 0. The van der Waals surface area contributed by atoms with Gasteiger partial charge in [0.1, 0.15) is 5.75 Å². The third-order valence-electron chi connectivity index (χ3n) is 2.77. The van der Waals surface area contributed by atoms with Crippen LogP contribution in [-0.4, -0.2) is 7.11 Å². The highest BCUT2D eigenvalue weighted by molar-refractivity contribution is 9.10. The molecule has 0 aliphatic heterocycles. The Morgan fingerprint density at radius 1 is 1.05 bits per heavy atom. The summed E-state index contributed by atoms with van der Waals surface area (Å²) in [6, 6.07) is 17.7. The highest BCUT2D eigenvalue weighted by Crippen LogP contribution is 2.26. The van der Waals surface area contributed by atoms with Crippen molar-refractivity contribution in [3.8, 4) is 11.8 Å². The summed E-state index contributed by atoms with van der Waals surface area (Å²) >= 11 is 3.41. The van der Waals surface area contributed by atoms with E-state index in [2.05, 4.69) is 22.0 Å². The number of methoxy groups -OCH3 is 1. The second kappa shape index (κ2) is 6.21. The van der Waals surface area contributed by atoms with Crippen molar-refractivity contribution in [3.63, 3.8) is 0 Å². The van der Waals surface area contributed by atoms with E-state index in [4.69, 9.17) is 10.00 Å². The van der Waals surface area contributed by atoms with Crippen LogP contribution in [0.25, 0.3) is 5.57 Å². The van der Waals surface area contributed by atoms with Gasteiger partial charge in [-0.3, -0.25) is 0 Å². The fraction of sp³-hybridized carbons (Fsp3) is 0.0625. The number of rotatable bonds is 3. The Morgan fingerprint density at radius 3 is 2.05 bits per heavy atom. The molecule has 3 heteroatoms. The second-order valence-corrected chi connectivity index (χ2v) is 4.84. The van der Waals surface area contributed by atoms with E-state index in [1.54, 1.807) is 13.2 Å². The van der Waals surface area contributed by atoms with E-state index in [9.17, 15) is 0 Å². The molecule has 0 fully saturated rings. The number of nitrogens with zero attached hydrogens (tertiary/aromatic N) is 1. The van der Waals surface area contributed by atoms with Crippen molar-refractivity contribution in [2.45, 2.75) is 0 Å². The second-order valence-electron chi connectivity index (χ2n) is 3.92. The quantitative estimate of drug-likeness (QED) is 0.786. The van der Waals surface area contributed by atoms with E-state index < -0.39 is 0 Å². The van der Waals surface area contributed by atoms with Crippen LogP contribution in [0.5, 0.6) is 5.75 Å². The van der Waals surface area contributed by atoms with Crippen molar-refractivity contribution in [2.24, 2.45) is 0 Å². The maximum absolute atomic E-state index is 8.95. The van der Waals surface area contributed by atoms with E-state index in [0.717, 1.165) is 26.9 Å². The molecule has 0 aliphatic rings. The molecule has 19 heavy (non-hydrogen) atoms. The molecule has 2 aromatic rings. The van der Waals surface area contributed by atoms with Crippen LogP contribution in [0, 0.1) is 11.3 Å². The molecule has 2 rings (SSSR count). The van der Waals surface area contributed by atoms with Gasteiger partial charge >= 0.3 is 0 Å². The van der Waals surface area contributed by atoms with Gasteiger partial charge < -0.3 is 4.74 Å². The van der Waals surface area contributed by atoms with E-state index in [0.29, 0.717) is 0 Å². The molecular weight excluding hydrogens is 302 g/mol. The van der Waals surface area contributed by atoms with Crippen molar-refractivity contribution in [1.82, 2.24) is 0 Å². The molecule has 2 nitrogen and oxygen atoms in total. The molecule has 0 heterocycles. The lowest BCUT2D eigenvalue weighted by atomic mass is 9.98. The Balaban J connectivity index is 2.43. The first-order valence-corrected chi connectivity index (χ1v) is 6.54. The van der Waals surface area contributed by atoms with Crippen LogP contribution in [0.1, 0.15) is 11.1 Å². The molecule has 0 aromatic heterocycles.